The third-order valence-electron chi connectivity index (χ3n) is 10.3. The highest BCUT2D eigenvalue weighted by Gasteiger charge is 2.74. The van der Waals surface area contributed by atoms with Gasteiger partial charge < -0.3 is 19.8 Å². The minimum Gasteiger partial charge on any atom is -0.394 e. The Morgan fingerprint density at radius 1 is 0.833 bits per heavy atom. The summed E-state index contributed by atoms with van der Waals surface area (Å²) in [5.41, 5.74) is 3.25. The zero-order chi connectivity index (χ0) is 33.0. The first-order chi connectivity index (χ1) is 23.3. The standard InChI is InChI=1S/C37H36N6O4S/c1-36-18-10-20-40(22-25-12-4-2-5-13-25)33(45)30(36)31-34(46)43(29(23-44)26-14-6-3-7-15-26)32-35(47)41(21-11-19-37(31,32)48-36)24-42-28-17-9-8-16-27(28)38-39-42/h2-19,29-32,44H,20-24H2,1H3/t29-,30+,31+,32?,36-,37+/m1/s1. The number of thioether (sulfide) groups is 1. The fourth-order valence-electron chi connectivity index (χ4n) is 8.18. The zero-order valence-corrected chi connectivity index (χ0v) is 27.3. The highest BCUT2D eigenvalue weighted by atomic mass is 32.2. The Bertz CT molecular complexity index is 1950. The van der Waals surface area contributed by atoms with Gasteiger partial charge in [-0.1, -0.05) is 102 Å². The summed E-state index contributed by atoms with van der Waals surface area (Å²) in [6.07, 6.45) is 8.04. The number of hydrogen-bond donors (Lipinski definition) is 1. The van der Waals surface area contributed by atoms with Gasteiger partial charge in [-0.25, -0.2) is 4.68 Å². The maximum atomic E-state index is 15.1. The van der Waals surface area contributed by atoms with Crippen LogP contribution in [0, 0.1) is 11.8 Å². The van der Waals surface area contributed by atoms with Crippen molar-refractivity contribution in [2.75, 3.05) is 19.7 Å². The van der Waals surface area contributed by atoms with E-state index in [0.717, 1.165) is 22.2 Å². The lowest BCUT2D eigenvalue weighted by Crippen LogP contribution is -2.54. The molecule has 8 rings (SSSR count). The van der Waals surface area contributed by atoms with Crippen LogP contribution in [0.2, 0.25) is 0 Å². The molecule has 48 heavy (non-hydrogen) atoms. The van der Waals surface area contributed by atoms with Crippen LogP contribution < -0.4 is 0 Å². The van der Waals surface area contributed by atoms with E-state index in [9.17, 15) is 9.90 Å². The Labute approximate surface area is 282 Å². The minimum atomic E-state index is -1.05. The maximum Gasteiger partial charge on any atom is 0.248 e. The fourth-order valence-corrected chi connectivity index (χ4v) is 10.3. The summed E-state index contributed by atoms with van der Waals surface area (Å²) in [6.45, 7) is 2.92. The Morgan fingerprint density at radius 3 is 2.29 bits per heavy atom. The number of aromatic nitrogens is 3. The first-order valence-electron chi connectivity index (χ1n) is 16.3. The molecule has 2 saturated heterocycles. The van der Waals surface area contributed by atoms with Gasteiger partial charge in [-0.15, -0.1) is 16.9 Å². The monoisotopic (exact) mass is 660 g/mol. The van der Waals surface area contributed by atoms with Gasteiger partial charge in [-0.05, 0) is 30.2 Å². The molecule has 0 bridgehead atoms. The highest BCUT2D eigenvalue weighted by molar-refractivity contribution is 8.02. The molecule has 0 aliphatic carbocycles. The van der Waals surface area contributed by atoms with Crippen molar-refractivity contribution >= 4 is 40.5 Å². The number of aliphatic hydroxyl groups excluding tert-OH is 1. The third-order valence-corrected chi connectivity index (χ3v) is 12.1. The van der Waals surface area contributed by atoms with Gasteiger partial charge in [0.25, 0.3) is 0 Å². The van der Waals surface area contributed by atoms with Crippen LogP contribution in [-0.4, -0.2) is 87.8 Å². The number of amides is 3. The molecule has 11 heteroatoms. The summed E-state index contributed by atoms with van der Waals surface area (Å²) >= 11 is 1.54. The Balaban J connectivity index is 1.23. The molecule has 3 amide bonds. The molecule has 3 aromatic carbocycles. The van der Waals surface area contributed by atoms with Gasteiger partial charge in [0.2, 0.25) is 17.7 Å². The molecule has 4 aliphatic rings. The quantitative estimate of drug-likeness (QED) is 0.300. The van der Waals surface area contributed by atoms with E-state index in [2.05, 4.69) is 16.4 Å². The van der Waals surface area contributed by atoms with Crippen LogP contribution in [0.4, 0.5) is 0 Å². The van der Waals surface area contributed by atoms with Gasteiger partial charge in [0.15, 0.2) is 0 Å². The number of likely N-dealkylation sites (tertiary alicyclic amines) is 1. The molecule has 0 saturated carbocycles. The molecule has 0 radical (unpaired) electrons. The topological polar surface area (TPSA) is 112 Å². The van der Waals surface area contributed by atoms with E-state index < -0.39 is 33.4 Å². The van der Waals surface area contributed by atoms with E-state index in [1.165, 1.54) is 11.8 Å². The molecule has 4 aromatic rings. The van der Waals surface area contributed by atoms with Crippen molar-refractivity contribution < 1.29 is 19.5 Å². The number of hydrogen-bond acceptors (Lipinski definition) is 7. The van der Waals surface area contributed by atoms with E-state index >= 15 is 9.59 Å². The molecule has 244 valence electrons. The molecule has 1 aromatic heterocycles. The Morgan fingerprint density at radius 2 is 1.52 bits per heavy atom. The second-order valence-electron chi connectivity index (χ2n) is 13.1. The first-order valence-corrected chi connectivity index (χ1v) is 17.1. The van der Waals surface area contributed by atoms with E-state index in [1.54, 1.807) is 14.5 Å². The molecule has 1 unspecified atom stereocenters. The van der Waals surface area contributed by atoms with Crippen LogP contribution >= 0.6 is 11.8 Å². The number of para-hydroxylation sites is 1. The van der Waals surface area contributed by atoms with Crippen molar-refractivity contribution in [2.45, 2.75) is 41.7 Å². The second-order valence-corrected chi connectivity index (χ2v) is 14.9. The van der Waals surface area contributed by atoms with Crippen LogP contribution in [-0.2, 0) is 27.6 Å². The van der Waals surface area contributed by atoms with E-state index in [0.29, 0.717) is 19.6 Å². The third kappa shape index (κ3) is 4.70. The smallest absolute Gasteiger partial charge is 0.248 e. The van der Waals surface area contributed by atoms with Crippen LogP contribution in [0.5, 0.6) is 0 Å². The molecule has 2 fully saturated rings. The number of aliphatic hydroxyl groups is 1. The lowest BCUT2D eigenvalue weighted by molar-refractivity contribution is -0.148. The SMILES string of the molecule is C[C@@]12C=CCN(Cc3ccccc3)C(=O)[C@@H]1[C@H]1C(=O)N([C@H](CO)c3ccccc3)C3C(=O)N(Cn4nnc5ccccc54)CC=C[C@@]31S2. The normalized spacial score (nSPS) is 28.8. The van der Waals surface area contributed by atoms with Crippen molar-refractivity contribution in [3.8, 4) is 0 Å². The van der Waals surface area contributed by atoms with Crippen LogP contribution in [0.15, 0.2) is 109 Å². The van der Waals surface area contributed by atoms with Crippen molar-refractivity contribution in [3.05, 3.63) is 120 Å². The number of nitrogens with zero attached hydrogens (tertiary/aromatic N) is 6. The van der Waals surface area contributed by atoms with Gasteiger partial charge in [0.05, 0.1) is 34.7 Å². The number of carbonyl (C=O) groups is 3. The van der Waals surface area contributed by atoms with Crippen molar-refractivity contribution in [3.63, 3.8) is 0 Å². The number of carbonyl (C=O) groups excluding carboxylic acids is 3. The summed E-state index contributed by atoms with van der Waals surface area (Å²) in [6, 6.07) is 25.0. The summed E-state index contributed by atoms with van der Waals surface area (Å²) in [4.78, 5) is 49.9. The predicted molar refractivity (Wildman–Crippen MR) is 182 cm³/mol. The summed E-state index contributed by atoms with van der Waals surface area (Å²) in [7, 11) is 0. The minimum absolute atomic E-state index is 0.106. The maximum absolute atomic E-state index is 15.1. The molecule has 1 N–H and O–H groups in total. The molecular formula is C37H36N6O4S. The Hall–Kier alpha value is -4.74. The van der Waals surface area contributed by atoms with Crippen molar-refractivity contribution in [1.29, 1.82) is 0 Å². The predicted octanol–water partition coefficient (Wildman–Crippen LogP) is 3.81. The summed E-state index contributed by atoms with van der Waals surface area (Å²) < 4.78 is -0.0968. The largest absolute Gasteiger partial charge is 0.394 e. The second kappa shape index (κ2) is 11.7. The molecule has 1 spiro atoms. The molecule has 5 heterocycles. The summed E-state index contributed by atoms with van der Waals surface area (Å²) in [5.74, 6) is -2.20. The van der Waals surface area contributed by atoms with Gasteiger partial charge in [0, 0.05) is 24.4 Å². The average Bonchev–Trinajstić information content (AvgIpc) is 3.64. The van der Waals surface area contributed by atoms with E-state index in [4.69, 9.17) is 0 Å². The Kier molecular flexibility index (Phi) is 7.48. The summed E-state index contributed by atoms with van der Waals surface area (Å²) in [5, 5.41) is 19.5. The number of fused-ring (bicyclic) bond motifs is 3. The van der Waals surface area contributed by atoms with Gasteiger partial charge in [-0.3, -0.25) is 14.4 Å². The average molecular weight is 661 g/mol. The highest BCUT2D eigenvalue weighted by Crippen LogP contribution is 2.66. The molecule has 10 nitrogen and oxygen atoms in total. The molecule has 4 aliphatic heterocycles. The fraction of sp³-hybridized carbons (Fsp3) is 0.324. The van der Waals surface area contributed by atoms with Crippen LogP contribution in [0.3, 0.4) is 0 Å². The van der Waals surface area contributed by atoms with Crippen molar-refractivity contribution in [1.82, 2.24) is 29.7 Å². The number of benzene rings is 3. The number of rotatable bonds is 7. The van der Waals surface area contributed by atoms with E-state index in [-0.39, 0.29) is 31.0 Å². The van der Waals surface area contributed by atoms with E-state index in [1.807, 2.05) is 115 Å². The van der Waals surface area contributed by atoms with Gasteiger partial charge in [0.1, 0.15) is 18.2 Å². The molecule has 6 atom stereocenters. The first kappa shape index (κ1) is 30.6. The van der Waals surface area contributed by atoms with Gasteiger partial charge >= 0.3 is 0 Å². The van der Waals surface area contributed by atoms with Crippen LogP contribution in [0.1, 0.15) is 24.1 Å². The van der Waals surface area contributed by atoms with Gasteiger partial charge in [-0.2, -0.15) is 0 Å². The van der Waals surface area contributed by atoms with Crippen LogP contribution in [0.25, 0.3) is 11.0 Å². The molecular weight excluding hydrogens is 625 g/mol. The zero-order valence-electron chi connectivity index (χ0n) is 26.5. The lowest BCUT2D eigenvalue weighted by atomic mass is 9.74. The lowest BCUT2D eigenvalue weighted by Gasteiger charge is -2.39. The van der Waals surface area contributed by atoms with Crippen molar-refractivity contribution in [2.24, 2.45) is 11.8 Å².